The molecule has 2 aromatic heterocycles. The summed E-state index contributed by atoms with van der Waals surface area (Å²) in [4.78, 5) is 33.8. The van der Waals surface area contributed by atoms with Gasteiger partial charge < -0.3 is 0 Å². The molecule has 0 aliphatic heterocycles. The highest BCUT2D eigenvalue weighted by molar-refractivity contribution is 7.20. The molecular formula is C19H13N3O2S2. The van der Waals surface area contributed by atoms with E-state index in [1.165, 1.54) is 29.6 Å². The third-order valence-corrected chi connectivity index (χ3v) is 5.81. The number of fused-ring (bicyclic) bond motifs is 1. The van der Waals surface area contributed by atoms with Gasteiger partial charge in [-0.3, -0.25) is 14.9 Å². The van der Waals surface area contributed by atoms with Crippen LogP contribution in [0.1, 0.15) is 26.4 Å². The van der Waals surface area contributed by atoms with Crippen LogP contribution in [0.4, 0.5) is 5.13 Å². The molecule has 2 heterocycles. The van der Waals surface area contributed by atoms with Crippen molar-refractivity contribution in [2.75, 3.05) is 5.32 Å². The molecule has 0 bridgehead atoms. The Balaban J connectivity index is 1.66. The van der Waals surface area contributed by atoms with Crippen LogP contribution >= 0.6 is 22.7 Å². The Bertz CT molecular complexity index is 1080. The zero-order valence-corrected chi connectivity index (χ0v) is 15.4. The number of thiazole rings is 2. The van der Waals surface area contributed by atoms with Crippen LogP contribution in [0.3, 0.4) is 0 Å². The zero-order chi connectivity index (χ0) is 18.1. The topological polar surface area (TPSA) is 72.0 Å². The van der Waals surface area contributed by atoms with E-state index in [1.807, 2.05) is 54.6 Å². The second-order valence-electron chi connectivity index (χ2n) is 5.56. The van der Waals surface area contributed by atoms with Crippen molar-refractivity contribution >= 4 is 49.7 Å². The number of benzene rings is 2. The molecule has 0 aliphatic carbocycles. The summed E-state index contributed by atoms with van der Waals surface area (Å²) in [6.45, 7) is 1.50. The summed E-state index contributed by atoms with van der Waals surface area (Å²) in [5, 5.41) is 3.52. The first kappa shape index (κ1) is 16.6. The molecule has 5 nitrogen and oxygen atoms in total. The lowest BCUT2D eigenvalue weighted by Gasteiger charge is -1.98. The standard InChI is InChI=1S/C19H13N3O2S2/c1-11(23)16-15(12-7-3-2-4-8-12)21-19(26-16)22-17(24)18-20-13-9-5-6-10-14(13)25-18/h2-10H,1H3,(H,21,22,24). The van der Waals surface area contributed by atoms with Crippen LogP contribution in [-0.4, -0.2) is 21.7 Å². The Kier molecular flexibility index (Phi) is 4.32. The average molecular weight is 379 g/mol. The molecule has 0 atom stereocenters. The van der Waals surface area contributed by atoms with Gasteiger partial charge in [0.15, 0.2) is 15.9 Å². The fraction of sp³-hybridized carbons (Fsp3) is 0.0526. The first-order valence-electron chi connectivity index (χ1n) is 7.86. The number of hydrogen-bond donors (Lipinski definition) is 1. The number of aromatic nitrogens is 2. The summed E-state index contributed by atoms with van der Waals surface area (Å²) in [6, 6.07) is 17.0. The summed E-state index contributed by atoms with van der Waals surface area (Å²) >= 11 is 2.50. The highest BCUT2D eigenvalue weighted by Gasteiger charge is 2.19. The van der Waals surface area contributed by atoms with Crippen molar-refractivity contribution < 1.29 is 9.59 Å². The Labute approximate surface area is 157 Å². The third kappa shape index (κ3) is 3.14. The minimum Gasteiger partial charge on any atom is -0.296 e. The van der Waals surface area contributed by atoms with Gasteiger partial charge in [0.25, 0.3) is 5.91 Å². The van der Waals surface area contributed by atoms with E-state index < -0.39 is 0 Å². The molecule has 0 saturated heterocycles. The van der Waals surface area contributed by atoms with Gasteiger partial charge in [-0.05, 0) is 12.1 Å². The molecule has 0 fully saturated rings. The summed E-state index contributed by atoms with van der Waals surface area (Å²) in [7, 11) is 0. The molecular weight excluding hydrogens is 366 g/mol. The number of nitrogens with one attached hydrogen (secondary N) is 1. The lowest BCUT2D eigenvalue weighted by Crippen LogP contribution is -2.11. The van der Waals surface area contributed by atoms with E-state index in [9.17, 15) is 9.59 Å². The zero-order valence-electron chi connectivity index (χ0n) is 13.7. The number of para-hydroxylation sites is 1. The quantitative estimate of drug-likeness (QED) is 0.513. The summed E-state index contributed by atoms with van der Waals surface area (Å²) in [5.74, 6) is -0.406. The van der Waals surface area contributed by atoms with E-state index in [0.29, 0.717) is 20.7 Å². The van der Waals surface area contributed by atoms with Crippen molar-refractivity contribution in [1.29, 1.82) is 0 Å². The molecule has 2 aromatic carbocycles. The maximum absolute atomic E-state index is 12.5. The second kappa shape index (κ2) is 6.78. The predicted molar refractivity (Wildman–Crippen MR) is 105 cm³/mol. The fourth-order valence-corrected chi connectivity index (χ4v) is 4.26. The molecule has 26 heavy (non-hydrogen) atoms. The molecule has 4 rings (SSSR count). The van der Waals surface area contributed by atoms with Crippen molar-refractivity contribution in [3.05, 3.63) is 64.5 Å². The molecule has 0 radical (unpaired) electrons. The number of amides is 1. The van der Waals surface area contributed by atoms with Crippen molar-refractivity contribution in [1.82, 2.24) is 9.97 Å². The number of rotatable bonds is 4. The number of Topliss-reactive ketones (excluding diaryl/α,β-unsaturated/α-hetero) is 1. The minimum atomic E-state index is -0.324. The van der Waals surface area contributed by atoms with Crippen LogP contribution in [0, 0.1) is 0 Å². The number of hydrogen-bond acceptors (Lipinski definition) is 6. The van der Waals surface area contributed by atoms with Crippen LogP contribution in [-0.2, 0) is 0 Å². The lowest BCUT2D eigenvalue weighted by molar-refractivity contribution is 0.101. The van der Waals surface area contributed by atoms with E-state index in [-0.39, 0.29) is 11.7 Å². The highest BCUT2D eigenvalue weighted by atomic mass is 32.1. The van der Waals surface area contributed by atoms with Gasteiger partial charge in [-0.1, -0.05) is 53.8 Å². The Hall–Kier alpha value is -2.90. The molecule has 1 amide bonds. The monoisotopic (exact) mass is 379 g/mol. The van der Waals surface area contributed by atoms with E-state index in [4.69, 9.17) is 0 Å². The molecule has 1 N–H and O–H groups in total. The van der Waals surface area contributed by atoms with Crippen LogP contribution in [0.15, 0.2) is 54.6 Å². The van der Waals surface area contributed by atoms with Crippen molar-refractivity contribution in [2.24, 2.45) is 0 Å². The minimum absolute atomic E-state index is 0.0816. The Morgan fingerprint density at radius 1 is 0.923 bits per heavy atom. The Morgan fingerprint density at radius 2 is 1.65 bits per heavy atom. The maximum Gasteiger partial charge on any atom is 0.286 e. The number of ketones is 1. The number of anilines is 1. The molecule has 0 spiro atoms. The van der Waals surface area contributed by atoms with Gasteiger partial charge in [0.2, 0.25) is 0 Å². The van der Waals surface area contributed by atoms with Crippen LogP contribution in [0.25, 0.3) is 21.5 Å². The van der Waals surface area contributed by atoms with Crippen molar-refractivity contribution in [2.45, 2.75) is 6.92 Å². The largest absolute Gasteiger partial charge is 0.296 e. The van der Waals surface area contributed by atoms with Crippen LogP contribution in [0.5, 0.6) is 0 Å². The molecule has 7 heteroatoms. The van der Waals surface area contributed by atoms with Gasteiger partial charge >= 0.3 is 0 Å². The van der Waals surface area contributed by atoms with Gasteiger partial charge in [0.05, 0.1) is 20.8 Å². The van der Waals surface area contributed by atoms with Crippen molar-refractivity contribution in [3.8, 4) is 11.3 Å². The second-order valence-corrected chi connectivity index (χ2v) is 7.59. The highest BCUT2D eigenvalue weighted by Crippen LogP contribution is 2.32. The first-order chi connectivity index (χ1) is 12.6. The normalized spacial score (nSPS) is 10.8. The van der Waals surface area contributed by atoms with Crippen LogP contribution in [0.2, 0.25) is 0 Å². The number of carbonyl (C=O) groups is 2. The SMILES string of the molecule is CC(=O)c1sc(NC(=O)c2nc3ccccc3s2)nc1-c1ccccc1. The summed E-state index contributed by atoms with van der Waals surface area (Å²) in [6.07, 6.45) is 0. The summed E-state index contributed by atoms with van der Waals surface area (Å²) < 4.78 is 0.950. The number of carbonyl (C=O) groups excluding carboxylic acids is 2. The Morgan fingerprint density at radius 3 is 2.38 bits per heavy atom. The smallest absolute Gasteiger partial charge is 0.286 e. The molecule has 128 valence electrons. The van der Waals surface area contributed by atoms with Gasteiger partial charge in [-0.25, -0.2) is 9.97 Å². The van der Waals surface area contributed by atoms with Gasteiger partial charge in [0, 0.05) is 12.5 Å². The van der Waals surface area contributed by atoms with Crippen molar-refractivity contribution in [3.63, 3.8) is 0 Å². The number of nitrogens with zero attached hydrogens (tertiary/aromatic N) is 2. The maximum atomic E-state index is 12.5. The van der Waals surface area contributed by atoms with Gasteiger partial charge in [0.1, 0.15) is 0 Å². The molecule has 0 saturated carbocycles. The first-order valence-corrected chi connectivity index (χ1v) is 9.49. The molecule has 0 aliphatic rings. The summed E-state index contributed by atoms with van der Waals surface area (Å²) in [5.41, 5.74) is 2.22. The van der Waals surface area contributed by atoms with Gasteiger partial charge in [-0.2, -0.15) is 0 Å². The molecule has 0 unspecified atom stereocenters. The van der Waals surface area contributed by atoms with E-state index in [1.54, 1.807) is 0 Å². The lowest BCUT2D eigenvalue weighted by atomic mass is 10.1. The van der Waals surface area contributed by atoms with E-state index in [0.717, 1.165) is 15.8 Å². The average Bonchev–Trinajstić information content (AvgIpc) is 3.26. The molecule has 4 aromatic rings. The predicted octanol–water partition coefficient (Wildman–Crippen LogP) is 4.87. The van der Waals surface area contributed by atoms with E-state index >= 15 is 0 Å². The van der Waals surface area contributed by atoms with Crippen LogP contribution < -0.4 is 5.32 Å². The fourth-order valence-electron chi connectivity index (χ4n) is 2.52. The van der Waals surface area contributed by atoms with E-state index in [2.05, 4.69) is 15.3 Å². The third-order valence-electron chi connectivity index (χ3n) is 3.70. The van der Waals surface area contributed by atoms with Gasteiger partial charge in [-0.15, -0.1) is 11.3 Å².